The first kappa shape index (κ1) is 11.6. The van der Waals surface area contributed by atoms with Crippen LogP contribution < -0.4 is 5.32 Å². The quantitative estimate of drug-likeness (QED) is 0.781. The monoisotopic (exact) mass is 239 g/mol. The van der Waals surface area contributed by atoms with Gasteiger partial charge in [0.15, 0.2) is 5.82 Å². The lowest BCUT2D eigenvalue weighted by atomic mass is 10.2. The van der Waals surface area contributed by atoms with Crippen LogP contribution in [0.25, 0.3) is 0 Å². The minimum atomic E-state index is -0.925. The van der Waals surface area contributed by atoms with Gasteiger partial charge >= 0.3 is 5.97 Å². The van der Waals surface area contributed by atoms with Crippen LogP contribution in [-0.4, -0.2) is 27.1 Å². The third-order valence-corrected chi connectivity index (χ3v) is 2.72. The molecule has 0 saturated heterocycles. The van der Waals surface area contributed by atoms with Crippen molar-refractivity contribution in [2.45, 2.75) is 26.3 Å². The molecule has 92 valence electrons. The van der Waals surface area contributed by atoms with E-state index >= 15 is 0 Å². The average Bonchev–Trinajstić information content (AvgIpc) is 2.95. The first-order valence-electron chi connectivity index (χ1n) is 5.32. The number of carboxylic acid groups (broad SMARTS) is 1. The molecule has 2 N–H and O–H groups in total. The first-order chi connectivity index (χ1) is 7.99. The second kappa shape index (κ2) is 4.15. The van der Waals surface area contributed by atoms with Crippen LogP contribution in [0.2, 0.25) is 0 Å². The molecule has 7 nitrogen and oxygen atoms in total. The largest absolute Gasteiger partial charge is 0.481 e. The first-order valence-corrected chi connectivity index (χ1v) is 5.32. The van der Waals surface area contributed by atoms with Crippen LogP contribution in [0.5, 0.6) is 0 Å². The molecule has 0 bridgehead atoms. The van der Waals surface area contributed by atoms with E-state index in [1.54, 1.807) is 13.8 Å². The number of carbonyl (C=O) groups is 2. The molecule has 17 heavy (non-hydrogen) atoms. The SMILES string of the molecule is Cc1noc(C(C)NC(=O)C2CC2C(=O)O)n1. The molecule has 1 aliphatic rings. The maximum Gasteiger partial charge on any atom is 0.307 e. The summed E-state index contributed by atoms with van der Waals surface area (Å²) < 4.78 is 4.91. The highest BCUT2D eigenvalue weighted by atomic mass is 16.5. The summed E-state index contributed by atoms with van der Waals surface area (Å²) in [6.07, 6.45) is 0.400. The highest BCUT2D eigenvalue weighted by Crippen LogP contribution is 2.39. The normalized spacial score (nSPS) is 24.1. The van der Waals surface area contributed by atoms with Crippen molar-refractivity contribution in [3.63, 3.8) is 0 Å². The molecule has 3 unspecified atom stereocenters. The second-order valence-corrected chi connectivity index (χ2v) is 4.20. The summed E-state index contributed by atoms with van der Waals surface area (Å²) in [5, 5.41) is 15.0. The molecule has 0 aliphatic heterocycles. The number of aliphatic carboxylic acids is 1. The minimum Gasteiger partial charge on any atom is -0.481 e. The highest BCUT2D eigenvalue weighted by Gasteiger charge is 2.48. The number of aromatic nitrogens is 2. The standard InChI is InChI=1S/C10H13N3O4/c1-4(9-12-5(2)13-17-9)11-8(14)6-3-7(6)10(15)16/h4,6-7H,3H2,1-2H3,(H,11,14)(H,15,16). The van der Waals surface area contributed by atoms with Crippen molar-refractivity contribution in [3.05, 3.63) is 11.7 Å². The van der Waals surface area contributed by atoms with E-state index in [0.29, 0.717) is 18.1 Å². The summed E-state index contributed by atoms with van der Waals surface area (Å²) in [6.45, 7) is 3.39. The van der Waals surface area contributed by atoms with Crippen LogP contribution >= 0.6 is 0 Å². The van der Waals surface area contributed by atoms with Crippen molar-refractivity contribution < 1.29 is 19.2 Å². The van der Waals surface area contributed by atoms with Gasteiger partial charge in [0.1, 0.15) is 6.04 Å². The number of nitrogens with zero attached hydrogens (tertiary/aromatic N) is 2. The third-order valence-electron chi connectivity index (χ3n) is 2.72. The van der Waals surface area contributed by atoms with E-state index in [0.717, 1.165) is 0 Å². The Balaban J connectivity index is 1.90. The van der Waals surface area contributed by atoms with Crippen LogP contribution in [0.1, 0.15) is 31.1 Å². The van der Waals surface area contributed by atoms with Crippen LogP contribution in [-0.2, 0) is 9.59 Å². The van der Waals surface area contributed by atoms with Crippen LogP contribution in [0.3, 0.4) is 0 Å². The molecule has 1 saturated carbocycles. The number of rotatable bonds is 4. The smallest absolute Gasteiger partial charge is 0.307 e. The van der Waals surface area contributed by atoms with Crippen molar-refractivity contribution in [1.29, 1.82) is 0 Å². The van der Waals surface area contributed by atoms with Crippen molar-refractivity contribution in [3.8, 4) is 0 Å². The minimum absolute atomic E-state index is 0.277. The molecule has 0 aromatic carbocycles. The molecule has 2 rings (SSSR count). The molecule has 1 amide bonds. The zero-order valence-electron chi connectivity index (χ0n) is 9.51. The number of aryl methyl sites for hydroxylation is 1. The Morgan fingerprint density at radius 2 is 2.24 bits per heavy atom. The number of hydrogen-bond acceptors (Lipinski definition) is 5. The molecule has 1 aromatic rings. The van der Waals surface area contributed by atoms with E-state index in [9.17, 15) is 9.59 Å². The van der Waals surface area contributed by atoms with Crippen molar-refractivity contribution >= 4 is 11.9 Å². The predicted octanol–water partition coefficient (Wildman–Crippen LogP) is 0.276. The number of carboxylic acids is 1. The Bertz CT molecular complexity index is 456. The number of hydrogen-bond donors (Lipinski definition) is 2. The van der Waals surface area contributed by atoms with Gasteiger partial charge in [-0.15, -0.1) is 0 Å². The summed E-state index contributed by atoms with van der Waals surface area (Å²) >= 11 is 0. The van der Waals surface area contributed by atoms with Gasteiger partial charge in [0.2, 0.25) is 11.8 Å². The van der Waals surface area contributed by atoms with Crippen molar-refractivity contribution in [2.75, 3.05) is 0 Å². The second-order valence-electron chi connectivity index (χ2n) is 4.20. The maximum absolute atomic E-state index is 11.6. The Kier molecular flexibility index (Phi) is 2.83. The fraction of sp³-hybridized carbons (Fsp3) is 0.600. The van der Waals surface area contributed by atoms with Gasteiger partial charge in [-0.3, -0.25) is 9.59 Å². The molecule has 0 spiro atoms. The van der Waals surface area contributed by atoms with Gasteiger partial charge in [-0.25, -0.2) is 0 Å². The summed E-state index contributed by atoms with van der Waals surface area (Å²) in [4.78, 5) is 26.2. The molecule has 7 heteroatoms. The van der Waals surface area contributed by atoms with Gasteiger partial charge in [0.05, 0.1) is 11.8 Å². The lowest BCUT2D eigenvalue weighted by molar-refractivity contribution is -0.140. The van der Waals surface area contributed by atoms with Gasteiger partial charge in [-0.05, 0) is 20.3 Å². The summed E-state index contributed by atoms with van der Waals surface area (Å²) in [5.41, 5.74) is 0. The topological polar surface area (TPSA) is 105 Å². The van der Waals surface area contributed by atoms with E-state index in [1.807, 2.05) is 0 Å². The van der Waals surface area contributed by atoms with Gasteiger partial charge in [-0.1, -0.05) is 5.16 Å². The Morgan fingerprint density at radius 1 is 1.53 bits per heavy atom. The Hall–Kier alpha value is -1.92. The van der Waals surface area contributed by atoms with Gasteiger partial charge < -0.3 is 14.9 Å². The lowest BCUT2D eigenvalue weighted by Gasteiger charge is -2.08. The van der Waals surface area contributed by atoms with Crippen molar-refractivity contribution in [2.24, 2.45) is 11.8 Å². The van der Waals surface area contributed by atoms with Crippen LogP contribution in [0.4, 0.5) is 0 Å². The van der Waals surface area contributed by atoms with Gasteiger partial charge in [0, 0.05) is 0 Å². The number of amides is 1. The number of nitrogens with one attached hydrogen (secondary N) is 1. The van der Waals surface area contributed by atoms with E-state index in [4.69, 9.17) is 9.63 Å². The molecule has 1 fully saturated rings. The van der Waals surface area contributed by atoms with E-state index in [1.165, 1.54) is 0 Å². The molecule has 1 aromatic heterocycles. The zero-order chi connectivity index (χ0) is 12.6. The van der Waals surface area contributed by atoms with Crippen LogP contribution in [0.15, 0.2) is 4.52 Å². The highest BCUT2D eigenvalue weighted by molar-refractivity contribution is 5.89. The molecular formula is C10H13N3O4. The molecule has 0 radical (unpaired) electrons. The molecule has 3 atom stereocenters. The molecule has 1 heterocycles. The summed E-state index contributed by atoms with van der Waals surface area (Å²) in [5.74, 6) is -1.36. The predicted molar refractivity (Wildman–Crippen MR) is 54.8 cm³/mol. The average molecular weight is 239 g/mol. The third kappa shape index (κ3) is 2.43. The zero-order valence-corrected chi connectivity index (χ0v) is 9.51. The lowest BCUT2D eigenvalue weighted by Crippen LogP contribution is -2.29. The fourth-order valence-electron chi connectivity index (χ4n) is 1.63. The van der Waals surface area contributed by atoms with Crippen molar-refractivity contribution in [1.82, 2.24) is 15.5 Å². The molecular weight excluding hydrogens is 226 g/mol. The molecule has 1 aliphatic carbocycles. The van der Waals surface area contributed by atoms with E-state index in [2.05, 4.69) is 15.5 Å². The maximum atomic E-state index is 11.6. The van der Waals surface area contributed by atoms with Gasteiger partial charge in [-0.2, -0.15) is 4.98 Å². The Labute approximate surface area is 97.2 Å². The van der Waals surface area contributed by atoms with Crippen LogP contribution in [0, 0.1) is 18.8 Å². The van der Waals surface area contributed by atoms with E-state index < -0.39 is 23.8 Å². The summed E-state index contributed by atoms with van der Waals surface area (Å²) in [7, 11) is 0. The fourth-order valence-corrected chi connectivity index (χ4v) is 1.63. The number of carbonyl (C=O) groups excluding carboxylic acids is 1. The van der Waals surface area contributed by atoms with E-state index in [-0.39, 0.29) is 5.91 Å². The Morgan fingerprint density at radius 3 is 2.71 bits per heavy atom. The van der Waals surface area contributed by atoms with Gasteiger partial charge in [0.25, 0.3) is 0 Å². The summed E-state index contributed by atoms with van der Waals surface area (Å²) in [6, 6.07) is -0.404.